The van der Waals surface area contributed by atoms with Gasteiger partial charge in [-0.2, -0.15) is 5.10 Å². The predicted octanol–water partition coefficient (Wildman–Crippen LogP) is 1.88. The molecule has 0 saturated heterocycles. The molecular formula is C12H18ClN5. The van der Waals surface area contributed by atoms with Crippen molar-refractivity contribution in [1.82, 2.24) is 19.3 Å². The zero-order chi connectivity index (χ0) is 13.3. The molecule has 0 aliphatic carbocycles. The molecular weight excluding hydrogens is 250 g/mol. The number of halogens is 1. The normalized spacial score (nSPS) is 11.2. The van der Waals surface area contributed by atoms with Crippen LogP contribution >= 0.6 is 11.6 Å². The molecule has 0 aliphatic heterocycles. The average molecular weight is 268 g/mol. The summed E-state index contributed by atoms with van der Waals surface area (Å²) in [5.74, 6) is 0.938. The summed E-state index contributed by atoms with van der Waals surface area (Å²) in [5.41, 5.74) is 8.59. The Bertz CT molecular complexity index is 555. The van der Waals surface area contributed by atoms with Crippen LogP contribution in [0.25, 0.3) is 0 Å². The molecule has 0 fully saturated rings. The fraction of sp³-hybridized carbons (Fsp3) is 0.500. The van der Waals surface area contributed by atoms with Gasteiger partial charge in [-0.25, -0.2) is 4.98 Å². The molecule has 2 aromatic heterocycles. The monoisotopic (exact) mass is 267 g/mol. The van der Waals surface area contributed by atoms with Gasteiger partial charge >= 0.3 is 0 Å². The minimum Gasteiger partial charge on any atom is -0.325 e. The van der Waals surface area contributed by atoms with E-state index in [-0.39, 0.29) is 0 Å². The van der Waals surface area contributed by atoms with E-state index < -0.39 is 0 Å². The van der Waals surface area contributed by atoms with Crippen LogP contribution in [-0.4, -0.2) is 19.3 Å². The van der Waals surface area contributed by atoms with Crippen LogP contribution in [-0.2, 0) is 19.6 Å². The Balaban J connectivity index is 2.42. The highest BCUT2D eigenvalue weighted by Gasteiger charge is 2.15. The summed E-state index contributed by atoms with van der Waals surface area (Å²) >= 11 is 6.31. The van der Waals surface area contributed by atoms with E-state index in [0.717, 1.165) is 34.5 Å². The first-order chi connectivity index (χ1) is 8.58. The van der Waals surface area contributed by atoms with Gasteiger partial charge in [0, 0.05) is 19.3 Å². The Hall–Kier alpha value is -1.33. The summed E-state index contributed by atoms with van der Waals surface area (Å²) in [5, 5.41) is 5.14. The molecule has 2 rings (SSSR count). The molecule has 18 heavy (non-hydrogen) atoms. The maximum Gasteiger partial charge on any atom is 0.106 e. The molecule has 2 aromatic rings. The van der Waals surface area contributed by atoms with Crippen molar-refractivity contribution in [2.45, 2.75) is 40.4 Å². The predicted molar refractivity (Wildman–Crippen MR) is 71.6 cm³/mol. The molecule has 0 spiro atoms. The van der Waals surface area contributed by atoms with Crippen LogP contribution in [0.2, 0.25) is 5.02 Å². The molecule has 0 amide bonds. The van der Waals surface area contributed by atoms with Crippen molar-refractivity contribution in [3.05, 3.63) is 34.1 Å². The minimum atomic E-state index is 0.470. The van der Waals surface area contributed by atoms with Crippen molar-refractivity contribution in [1.29, 1.82) is 0 Å². The summed E-state index contributed by atoms with van der Waals surface area (Å²) < 4.78 is 4.01. The van der Waals surface area contributed by atoms with Gasteiger partial charge in [0.05, 0.1) is 28.6 Å². The maximum absolute atomic E-state index is 6.31. The summed E-state index contributed by atoms with van der Waals surface area (Å²) in [4.78, 5) is 4.29. The average Bonchev–Trinajstić information content (AvgIpc) is 2.85. The molecule has 6 heteroatoms. The second kappa shape index (κ2) is 5.12. The molecule has 0 saturated carbocycles. The summed E-state index contributed by atoms with van der Waals surface area (Å²) in [6.07, 6.45) is 1.81. The van der Waals surface area contributed by atoms with E-state index in [2.05, 4.69) is 21.6 Å². The lowest BCUT2D eigenvalue weighted by atomic mass is 10.3. The van der Waals surface area contributed by atoms with Crippen LogP contribution in [0.5, 0.6) is 0 Å². The van der Waals surface area contributed by atoms with Crippen LogP contribution in [0.15, 0.2) is 6.20 Å². The van der Waals surface area contributed by atoms with Gasteiger partial charge in [0.25, 0.3) is 0 Å². The van der Waals surface area contributed by atoms with Crippen molar-refractivity contribution < 1.29 is 0 Å². The molecule has 2 heterocycles. The molecule has 0 bridgehead atoms. The molecule has 0 radical (unpaired) electrons. The Labute approximate surface area is 112 Å². The van der Waals surface area contributed by atoms with Crippen LogP contribution < -0.4 is 5.73 Å². The Kier molecular flexibility index (Phi) is 3.73. The van der Waals surface area contributed by atoms with Crippen LogP contribution in [0.1, 0.15) is 29.8 Å². The highest BCUT2D eigenvalue weighted by atomic mass is 35.5. The second-order valence-corrected chi connectivity index (χ2v) is 4.63. The fourth-order valence-electron chi connectivity index (χ4n) is 2.06. The third kappa shape index (κ3) is 2.15. The van der Waals surface area contributed by atoms with Crippen molar-refractivity contribution in [3.8, 4) is 0 Å². The van der Waals surface area contributed by atoms with Crippen LogP contribution in [0.4, 0.5) is 0 Å². The van der Waals surface area contributed by atoms with Crippen molar-refractivity contribution in [3.63, 3.8) is 0 Å². The summed E-state index contributed by atoms with van der Waals surface area (Å²) in [6, 6.07) is 0. The fourth-order valence-corrected chi connectivity index (χ4v) is 2.26. The number of aromatic nitrogens is 4. The Morgan fingerprint density at radius 1 is 1.39 bits per heavy atom. The van der Waals surface area contributed by atoms with E-state index >= 15 is 0 Å². The molecule has 98 valence electrons. The van der Waals surface area contributed by atoms with Gasteiger partial charge in [0.15, 0.2) is 0 Å². The van der Waals surface area contributed by atoms with Crippen molar-refractivity contribution >= 4 is 11.6 Å². The summed E-state index contributed by atoms with van der Waals surface area (Å²) in [7, 11) is 0. The molecule has 2 N–H and O–H groups in total. The number of imidazole rings is 1. The zero-order valence-corrected chi connectivity index (χ0v) is 11.7. The van der Waals surface area contributed by atoms with Gasteiger partial charge in [-0.05, 0) is 20.8 Å². The first-order valence-electron chi connectivity index (χ1n) is 6.01. The first kappa shape index (κ1) is 13.1. The minimum absolute atomic E-state index is 0.470. The lowest BCUT2D eigenvalue weighted by molar-refractivity contribution is 0.585. The lowest BCUT2D eigenvalue weighted by Gasteiger charge is -2.11. The molecule has 0 atom stereocenters. The van der Waals surface area contributed by atoms with E-state index in [1.165, 1.54) is 0 Å². The third-order valence-corrected chi connectivity index (χ3v) is 3.60. The Morgan fingerprint density at radius 3 is 2.72 bits per heavy atom. The number of hydrogen-bond donors (Lipinski definition) is 1. The smallest absolute Gasteiger partial charge is 0.106 e. The number of nitrogens with zero attached hydrogens (tertiary/aromatic N) is 4. The van der Waals surface area contributed by atoms with Crippen molar-refractivity contribution in [2.75, 3.05) is 0 Å². The highest BCUT2D eigenvalue weighted by Crippen LogP contribution is 2.22. The number of hydrogen-bond acceptors (Lipinski definition) is 3. The summed E-state index contributed by atoms with van der Waals surface area (Å²) in [6.45, 7) is 7.87. The molecule has 5 nitrogen and oxygen atoms in total. The van der Waals surface area contributed by atoms with Crippen LogP contribution in [0, 0.1) is 13.8 Å². The van der Waals surface area contributed by atoms with Gasteiger partial charge in [-0.15, -0.1) is 0 Å². The lowest BCUT2D eigenvalue weighted by Crippen LogP contribution is -2.13. The quantitative estimate of drug-likeness (QED) is 0.920. The first-order valence-corrected chi connectivity index (χ1v) is 6.39. The van der Waals surface area contributed by atoms with E-state index in [1.54, 1.807) is 0 Å². The SMILES string of the molecule is CCn1nc(C)c(Cl)c1Cn1c(CN)cnc1C. The number of nitrogens with two attached hydrogens (primary N) is 1. The van der Waals surface area contributed by atoms with Gasteiger partial charge < -0.3 is 10.3 Å². The largest absolute Gasteiger partial charge is 0.325 e. The van der Waals surface area contributed by atoms with Gasteiger partial charge in [-0.1, -0.05) is 11.6 Å². The topological polar surface area (TPSA) is 61.7 Å². The molecule has 0 aromatic carbocycles. The van der Waals surface area contributed by atoms with Crippen molar-refractivity contribution in [2.24, 2.45) is 5.73 Å². The van der Waals surface area contributed by atoms with Gasteiger partial charge in [0.1, 0.15) is 5.82 Å². The van der Waals surface area contributed by atoms with E-state index in [4.69, 9.17) is 17.3 Å². The number of rotatable bonds is 4. The molecule has 0 unspecified atom stereocenters. The number of aryl methyl sites for hydroxylation is 3. The Morgan fingerprint density at radius 2 is 2.11 bits per heavy atom. The standard InChI is InChI=1S/C12H18ClN5/c1-4-18-11(12(13)8(2)16-18)7-17-9(3)15-6-10(17)5-14/h6H,4-5,7,14H2,1-3H3. The second-order valence-electron chi connectivity index (χ2n) is 4.25. The van der Waals surface area contributed by atoms with E-state index in [9.17, 15) is 0 Å². The third-order valence-electron chi connectivity index (χ3n) is 3.11. The van der Waals surface area contributed by atoms with E-state index in [0.29, 0.717) is 13.1 Å². The molecule has 0 aliphatic rings. The van der Waals surface area contributed by atoms with Crippen LogP contribution in [0.3, 0.4) is 0 Å². The maximum atomic E-state index is 6.31. The van der Waals surface area contributed by atoms with Gasteiger partial charge in [0.2, 0.25) is 0 Å². The van der Waals surface area contributed by atoms with Gasteiger partial charge in [-0.3, -0.25) is 4.68 Å². The van der Waals surface area contributed by atoms with E-state index in [1.807, 2.05) is 24.7 Å². The highest BCUT2D eigenvalue weighted by molar-refractivity contribution is 6.31. The zero-order valence-electron chi connectivity index (χ0n) is 10.9.